The molecule has 1 aliphatic rings. The molecule has 2 aromatic rings. The summed E-state index contributed by atoms with van der Waals surface area (Å²) in [4.78, 5) is 28.1. The summed E-state index contributed by atoms with van der Waals surface area (Å²) in [6.45, 7) is 3.42. The standard InChI is InChI=1S/C32H45ClN2O6P/c1-4-40-42(39,41-5-2)32(38)29(19-20-31(37)35(3)28-17-10-7-11-18-28)34-30(36)23-26(25-14-8-6-9-15-25)21-24-13-12-16-27(33)22-24/h7,10-13,16-18,22-23,25-26,29,32,38H,4-6,8-9,14-15,19-21H2,1-3H3,(H,34,36)/t26?,29-,32?/m0/s1. The van der Waals surface area contributed by atoms with Crippen molar-refractivity contribution in [2.24, 2.45) is 11.8 Å². The zero-order chi connectivity index (χ0) is 30.5. The van der Waals surface area contributed by atoms with Crippen LogP contribution in [-0.4, -0.2) is 49.1 Å². The summed E-state index contributed by atoms with van der Waals surface area (Å²) in [5.74, 6) is -1.95. The predicted octanol–water partition coefficient (Wildman–Crippen LogP) is 6.80. The molecule has 1 fully saturated rings. The van der Waals surface area contributed by atoms with Crippen molar-refractivity contribution in [1.82, 2.24) is 5.32 Å². The average Bonchev–Trinajstić information content (AvgIpc) is 2.99. The van der Waals surface area contributed by atoms with E-state index in [1.807, 2.05) is 54.6 Å². The first kappa shape index (κ1) is 34.3. The van der Waals surface area contributed by atoms with Crippen molar-refractivity contribution in [3.05, 3.63) is 71.6 Å². The van der Waals surface area contributed by atoms with Crippen LogP contribution in [0, 0.1) is 18.3 Å². The van der Waals surface area contributed by atoms with Crippen molar-refractivity contribution in [3.63, 3.8) is 0 Å². The van der Waals surface area contributed by atoms with E-state index in [1.165, 1.54) is 11.3 Å². The van der Waals surface area contributed by atoms with Gasteiger partial charge in [0.25, 0.3) is 0 Å². The Morgan fingerprint density at radius 3 is 2.36 bits per heavy atom. The summed E-state index contributed by atoms with van der Waals surface area (Å²) in [5.41, 5.74) is 1.77. The normalized spacial score (nSPS) is 16.4. The van der Waals surface area contributed by atoms with Crippen LogP contribution in [0.1, 0.15) is 64.4 Å². The maximum Gasteiger partial charge on any atom is 0.360 e. The summed E-state index contributed by atoms with van der Waals surface area (Å²) in [5, 5.41) is 14.8. The molecular weight excluding hydrogens is 575 g/mol. The molecule has 1 radical (unpaired) electrons. The number of hydrogen-bond acceptors (Lipinski definition) is 6. The zero-order valence-corrected chi connectivity index (χ0v) is 26.6. The van der Waals surface area contributed by atoms with Crippen LogP contribution in [0.2, 0.25) is 5.02 Å². The first-order valence-electron chi connectivity index (χ1n) is 14.9. The lowest BCUT2D eigenvalue weighted by atomic mass is 9.76. The van der Waals surface area contributed by atoms with E-state index in [0.717, 1.165) is 36.9 Å². The highest BCUT2D eigenvalue weighted by Crippen LogP contribution is 2.53. The fourth-order valence-electron chi connectivity index (χ4n) is 5.59. The van der Waals surface area contributed by atoms with E-state index < -0.39 is 19.5 Å². The third-order valence-electron chi connectivity index (χ3n) is 7.80. The van der Waals surface area contributed by atoms with Gasteiger partial charge in [-0.3, -0.25) is 14.2 Å². The summed E-state index contributed by atoms with van der Waals surface area (Å²) in [7, 11) is -2.33. The smallest absolute Gasteiger partial charge is 0.360 e. The molecule has 42 heavy (non-hydrogen) atoms. The number of rotatable bonds is 16. The molecule has 10 heteroatoms. The van der Waals surface area contributed by atoms with Gasteiger partial charge in [0.2, 0.25) is 11.8 Å². The average molecular weight is 620 g/mol. The monoisotopic (exact) mass is 619 g/mol. The number of para-hydroxylation sites is 1. The molecule has 0 saturated heterocycles. The molecule has 1 saturated carbocycles. The number of amides is 2. The van der Waals surface area contributed by atoms with Gasteiger partial charge in [0.05, 0.1) is 25.7 Å². The van der Waals surface area contributed by atoms with Gasteiger partial charge in [-0.05, 0) is 68.4 Å². The second kappa shape index (κ2) is 17.2. The van der Waals surface area contributed by atoms with Gasteiger partial charge in [-0.25, -0.2) is 0 Å². The second-order valence-electron chi connectivity index (χ2n) is 10.8. The van der Waals surface area contributed by atoms with E-state index >= 15 is 0 Å². The summed E-state index contributed by atoms with van der Waals surface area (Å²) in [6, 6.07) is 15.8. The largest absolute Gasteiger partial charge is 0.379 e. The summed E-state index contributed by atoms with van der Waals surface area (Å²) in [6.07, 6.45) is 7.88. The van der Waals surface area contributed by atoms with Crippen LogP contribution < -0.4 is 10.2 Å². The van der Waals surface area contributed by atoms with E-state index in [4.69, 9.17) is 20.6 Å². The fraction of sp³-hybridized carbons (Fsp3) is 0.531. The zero-order valence-electron chi connectivity index (χ0n) is 24.9. The molecule has 0 heterocycles. The Labute approximate surface area is 255 Å². The van der Waals surface area contributed by atoms with Gasteiger partial charge in [0.1, 0.15) is 0 Å². The Balaban J connectivity index is 1.78. The summed E-state index contributed by atoms with van der Waals surface area (Å²) >= 11 is 6.24. The Morgan fingerprint density at radius 1 is 1.07 bits per heavy atom. The van der Waals surface area contributed by atoms with Crippen LogP contribution in [0.3, 0.4) is 0 Å². The Kier molecular flexibility index (Phi) is 14.0. The van der Waals surface area contributed by atoms with Crippen molar-refractivity contribution < 1.29 is 28.3 Å². The minimum absolute atomic E-state index is 0.000217. The van der Waals surface area contributed by atoms with E-state index in [-0.39, 0.29) is 43.8 Å². The third-order valence-corrected chi connectivity index (χ3v) is 10.3. The van der Waals surface area contributed by atoms with Crippen LogP contribution in [0.15, 0.2) is 54.6 Å². The first-order chi connectivity index (χ1) is 20.2. The van der Waals surface area contributed by atoms with Gasteiger partial charge in [-0.15, -0.1) is 0 Å². The molecule has 3 rings (SSSR count). The van der Waals surface area contributed by atoms with Gasteiger partial charge in [0, 0.05) is 24.2 Å². The highest BCUT2D eigenvalue weighted by Gasteiger charge is 2.41. The van der Waals surface area contributed by atoms with Crippen molar-refractivity contribution in [3.8, 4) is 0 Å². The van der Waals surface area contributed by atoms with Crippen LogP contribution >= 0.6 is 19.2 Å². The highest BCUT2D eigenvalue weighted by molar-refractivity contribution is 7.54. The number of nitrogens with zero attached hydrogens (tertiary/aromatic N) is 1. The molecule has 0 spiro atoms. The van der Waals surface area contributed by atoms with Crippen LogP contribution in [0.5, 0.6) is 0 Å². The van der Waals surface area contributed by atoms with Crippen molar-refractivity contribution in [1.29, 1.82) is 0 Å². The molecule has 2 amide bonds. The lowest BCUT2D eigenvalue weighted by molar-refractivity contribution is -0.121. The van der Waals surface area contributed by atoms with Crippen LogP contribution in [-0.2, 0) is 29.6 Å². The molecule has 2 unspecified atom stereocenters. The van der Waals surface area contributed by atoms with Crippen LogP contribution in [0.25, 0.3) is 0 Å². The van der Waals surface area contributed by atoms with Crippen molar-refractivity contribution in [2.45, 2.75) is 77.1 Å². The van der Waals surface area contributed by atoms with Gasteiger partial charge >= 0.3 is 7.60 Å². The highest BCUT2D eigenvalue weighted by atomic mass is 35.5. The number of hydrogen-bond donors (Lipinski definition) is 2. The number of nitrogens with one attached hydrogen (secondary N) is 1. The topological polar surface area (TPSA) is 105 Å². The lowest BCUT2D eigenvalue weighted by Crippen LogP contribution is -2.45. The van der Waals surface area contributed by atoms with Gasteiger partial charge in [-0.2, -0.15) is 0 Å². The van der Waals surface area contributed by atoms with Gasteiger partial charge < -0.3 is 24.4 Å². The minimum atomic E-state index is -4.00. The van der Waals surface area contributed by atoms with E-state index in [2.05, 4.69) is 5.32 Å². The van der Waals surface area contributed by atoms with E-state index in [0.29, 0.717) is 17.4 Å². The molecule has 1 aliphatic carbocycles. The number of aliphatic hydroxyl groups excluding tert-OH is 1. The third kappa shape index (κ3) is 10.2. The predicted molar refractivity (Wildman–Crippen MR) is 167 cm³/mol. The maximum atomic E-state index is 13.5. The Hall–Kier alpha value is -2.22. The molecule has 8 nitrogen and oxygen atoms in total. The first-order valence-corrected chi connectivity index (χ1v) is 16.9. The lowest BCUT2D eigenvalue weighted by Gasteiger charge is -2.32. The Morgan fingerprint density at radius 2 is 1.74 bits per heavy atom. The quantitative estimate of drug-likeness (QED) is 0.200. The number of carbonyl (C=O) groups excluding carboxylic acids is 2. The number of aliphatic hydroxyl groups is 1. The molecular formula is C32H45ClN2O6P. The molecule has 0 aliphatic heterocycles. The SMILES string of the molecule is CCOP(=O)(OCC)C(O)[C@H](CCC(=O)N(C)c1ccccc1)NC(=O)[CH]C(Cc1cccc(Cl)c1)C1CCCCC1. The molecule has 2 aromatic carbocycles. The van der Waals surface area contributed by atoms with E-state index in [1.54, 1.807) is 27.3 Å². The van der Waals surface area contributed by atoms with Gasteiger partial charge in [-0.1, -0.05) is 74.0 Å². The summed E-state index contributed by atoms with van der Waals surface area (Å²) < 4.78 is 24.3. The van der Waals surface area contributed by atoms with Gasteiger partial charge in [0.15, 0.2) is 5.85 Å². The number of carbonyl (C=O) groups is 2. The molecule has 2 N–H and O–H groups in total. The molecule has 0 aromatic heterocycles. The van der Waals surface area contributed by atoms with Crippen LogP contribution in [0.4, 0.5) is 5.69 Å². The second-order valence-corrected chi connectivity index (χ2v) is 13.4. The number of benzene rings is 2. The fourth-order valence-corrected chi connectivity index (χ4v) is 7.57. The number of halogens is 1. The number of anilines is 1. The minimum Gasteiger partial charge on any atom is -0.379 e. The maximum absolute atomic E-state index is 13.5. The van der Waals surface area contributed by atoms with E-state index in [9.17, 15) is 19.3 Å². The molecule has 3 atom stereocenters. The molecule has 231 valence electrons. The van der Waals surface area contributed by atoms with Crippen molar-refractivity contribution in [2.75, 3.05) is 25.2 Å². The Bertz CT molecular complexity index is 1170. The molecule has 0 bridgehead atoms. The van der Waals surface area contributed by atoms with Crippen molar-refractivity contribution >= 4 is 36.7 Å².